The average molecular weight is 287 g/mol. The van der Waals surface area contributed by atoms with Crippen LogP contribution in [0.25, 0.3) is 0 Å². The van der Waals surface area contributed by atoms with Gasteiger partial charge in [-0.05, 0) is 49.2 Å². The first kappa shape index (κ1) is 14.3. The second-order valence-corrected chi connectivity index (χ2v) is 6.86. The second-order valence-electron chi connectivity index (χ2n) is 5.88. The number of hydrogen-bond donors (Lipinski definition) is 1. The van der Waals surface area contributed by atoms with E-state index in [-0.39, 0.29) is 12.4 Å². The molecule has 0 radical (unpaired) electrons. The van der Waals surface area contributed by atoms with Crippen LogP contribution in [-0.4, -0.2) is 31.1 Å². The van der Waals surface area contributed by atoms with Gasteiger partial charge in [0.1, 0.15) is 0 Å². The van der Waals surface area contributed by atoms with Crippen molar-refractivity contribution in [2.75, 3.05) is 26.2 Å². The molecule has 2 fully saturated rings. The molecule has 102 valence electrons. The third-order valence-electron chi connectivity index (χ3n) is 4.28. The molecular formula is C14H23ClN2S. The molecule has 1 aromatic rings. The lowest BCUT2D eigenvalue weighted by Gasteiger charge is -2.32. The summed E-state index contributed by atoms with van der Waals surface area (Å²) in [6.07, 6.45) is 4.05. The summed E-state index contributed by atoms with van der Waals surface area (Å²) in [6.45, 7) is 7.40. The van der Waals surface area contributed by atoms with Crippen LogP contribution in [0, 0.1) is 5.41 Å². The van der Waals surface area contributed by atoms with E-state index in [1.165, 1.54) is 45.4 Å². The fourth-order valence-electron chi connectivity index (χ4n) is 3.31. The van der Waals surface area contributed by atoms with Gasteiger partial charge in [0, 0.05) is 24.0 Å². The lowest BCUT2D eigenvalue weighted by Crippen LogP contribution is -2.36. The van der Waals surface area contributed by atoms with Gasteiger partial charge >= 0.3 is 0 Å². The van der Waals surface area contributed by atoms with Crippen LogP contribution in [0.1, 0.15) is 37.1 Å². The Labute approximate surface area is 120 Å². The third kappa shape index (κ3) is 2.90. The lowest BCUT2D eigenvalue weighted by molar-refractivity contribution is 0.167. The summed E-state index contributed by atoms with van der Waals surface area (Å²) in [4.78, 5) is 4.29. The summed E-state index contributed by atoms with van der Waals surface area (Å²) in [5, 5.41) is 5.73. The Morgan fingerprint density at radius 3 is 3.11 bits per heavy atom. The first-order valence-electron chi connectivity index (χ1n) is 6.75. The Balaban J connectivity index is 0.00000120. The Bertz CT molecular complexity index is 360. The van der Waals surface area contributed by atoms with Gasteiger partial charge in [-0.3, -0.25) is 4.90 Å². The molecule has 2 aliphatic heterocycles. The normalized spacial score (nSPS) is 32.6. The molecule has 2 atom stereocenters. The van der Waals surface area contributed by atoms with E-state index in [1.807, 2.05) is 11.3 Å². The largest absolute Gasteiger partial charge is 0.316 e. The third-order valence-corrected chi connectivity index (χ3v) is 5.25. The van der Waals surface area contributed by atoms with E-state index in [2.05, 4.69) is 34.7 Å². The zero-order valence-electron chi connectivity index (χ0n) is 11.0. The van der Waals surface area contributed by atoms with E-state index in [4.69, 9.17) is 0 Å². The maximum absolute atomic E-state index is 3.51. The van der Waals surface area contributed by atoms with Crippen LogP contribution in [0.3, 0.4) is 0 Å². The van der Waals surface area contributed by atoms with E-state index >= 15 is 0 Å². The molecule has 0 spiro atoms. The predicted octanol–water partition coefficient (Wildman–Crippen LogP) is 3.31. The van der Waals surface area contributed by atoms with Gasteiger partial charge < -0.3 is 5.32 Å². The maximum Gasteiger partial charge on any atom is 0.0442 e. The van der Waals surface area contributed by atoms with Gasteiger partial charge in [0.2, 0.25) is 0 Å². The quantitative estimate of drug-likeness (QED) is 0.917. The van der Waals surface area contributed by atoms with Crippen LogP contribution in [0.2, 0.25) is 0 Å². The Hall–Kier alpha value is -0.0900. The van der Waals surface area contributed by atoms with Crippen molar-refractivity contribution in [2.45, 2.75) is 32.2 Å². The van der Waals surface area contributed by atoms with Crippen molar-refractivity contribution >= 4 is 23.7 Å². The fraction of sp³-hybridized carbons (Fsp3) is 0.714. The first-order valence-corrected chi connectivity index (χ1v) is 7.63. The molecule has 0 aromatic carbocycles. The summed E-state index contributed by atoms with van der Waals surface area (Å²) < 4.78 is 0. The zero-order chi connectivity index (χ0) is 11.7. The van der Waals surface area contributed by atoms with E-state index in [1.54, 1.807) is 4.88 Å². The molecule has 4 heteroatoms. The number of rotatable bonds is 3. The lowest BCUT2D eigenvalue weighted by atomic mass is 9.89. The van der Waals surface area contributed by atoms with Crippen molar-refractivity contribution in [3.63, 3.8) is 0 Å². The van der Waals surface area contributed by atoms with E-state index < -0.39 is 0 Å². The van der Waals surface area contributed by atoms with E-state index in [0.29, 0.717) is 11.5 Å². The van der Waals surface area contributed by atoms with Gasteiger partial charge in [-0.2, -0.15) is 0 Å². The minimum absolute atomic E-state index is 0. The highest BCUT2D eigenvalue weighted by Crippen LogP contribution is 2.37. The topological polar surface area (TPSA) is 15.3 Å². The molecule has 3 heterocycles. The molecule has 2 saturated heterocycles. The standard InChI is InChI=1S/C14H22N2S.ClH/c1-14(6-7-15-10-14)11-16-8-2-4-12(16)13-5-3-9-17-13;/h3,5,9,12,15H,2,4,6-8,10-11H2,1H3;1H. The Morgan fingerprint density at radius 1 is 1.56 bits per heavy atom. The second kappa shape index (κ2) is 5.91. The number of nitrogens with zero attached hydrogens (tertiary/aromatic N) is 1. The number of nitrogens with one attached hydrogen (secondary N) is 1. The zero-order valence-corrected chi connectivity index (χ0v) is 12.7. The highest BCUT2D eigenvalue weighted by molar-refractivity contribution is 7.10. The van der Waals surface area contributed by atoms with Gasteiger partial charge in [-0.15, -0.1) is 23.7 Å². The first-order chi connectivity index (χ1) is 8.27. The Kier molecular flexibility index (Phi) is 4.70. The number of halogens is 1. The molecule has 0 bridgehead atoms. The van der Waals surface area contributed by atoms with Gasteiger partial charge in [-0.25, -0.2) is 0 Å². The summed E-state index contributed by atoms with van der Waals surface area (Å²) in [5.74, 6) is 0. The summed E-state index contributed by atoms with van der Waals surface area (Å²) in [6, 6.07) is 5.20. The van der Waals surface area contributed by atoms with Crippen molar-refractivity contribution in [1.29, 1.82) is 0 Å². The molecule has 2 nitrogen and oxygen atoms in total. The van der Waals surface area contributed by atoms with Crippen molar-refractivity contribution in [2.24, 2.45) is 5.41 Å². The molecule has 1 aromatic heterocycles. The van der Waals surface area contributed by atoms with Gasteiger partial charge in [-0.1, -0.05) is 13.0 Å². The predicted molar refractivity (Wildman–Crippen MR) is 80.7 cm³/mol. The molecular weight excluding hydrogens is 264 g/mol. The van der Waals surface area contributed by atoms with Gasteiger partial charge in [0.15, 0.2) is 0 Å². The Morgan fingerprint density at radius 2 is 2.44 bits per heavy atom. The minimum Gasteiger partial charge on any atom is -0.316 e. The van der Waals surface area contributed by atoms with Crippen molar-refractivity contribution in [1.82, 2.24) is 10.2 Å². The highest BCUT2D eigenvalue weighted by atomic mass is 35.5. The number of thiophene rings is 1. The van der Waals surface area contributed by atoms with Crippen molar-refractivity contribution in [3.8, 4) is 0 Å². The van der Waals surface area contributed by atoms with Gasteiger partial charge in [0.05, 0.1) is 0 Å². The van der Waals surface area contributed by atoms with E-state index in [9.17, 15) is 0 Å². The smallest absolute Gasteiger partial charge is 0.0442 e. The highest BCUT2D eigenvalue weighted by Gasteiger charge is 2.35. The van der Waals surface area contributed by atoms with Crippen LogP contribution >= 0.6 is 23.7 Å². The molecule has 2 unspecified atom stereocenters. The van der Waals surface area contributed by atoms with Crippen LogP contribution < -0.4 is 5.32 Å². The SMILES string of the molecule is CC1(CN2CCCC2c2cccs2)CCNC1.Cl. The molecule has 0 saturated carbocycles. The molecule has 2 aliphatic rings. The summed E-state index contributed by atoms with van der Waals surface area (Å²) in [5.41, 5.74) is 0.500. The fourth-order valence-corrected chi connectivity index (χ4v) is 4.21. The molecule has 18 heavy (non-hydrogen) atoms. The van der Waals surface area contributed by atoms with Crippen LogP contribution in [0.15, 0.2) is 17.5 Å². The minimum atomic E-state index is 0. The maximum atomic E-state index is 3.51. The van der Waals surface area contributed by atoms with Crippen molar-refractivity contribution < 1.29 is 0 Å². The van der Waals surface area contributed by atoms with E-state index in [0.717, 1.165) is 0 Å². The van der Waals surface area contributed by atoms with Crippen molar-refractivity contribution in [3.05, 3.63) is 22.4 Å². The molecule has 1 N–H and O–H groups in total. The number of likely N-dealkylation sites (tertiary alicyclic amines) is 1. The van der Waals surface area contributed by atoms with Gasteiger partial charge in [0.25, 0.3) is 0 Å². The monoisotopic (exact) mass is 286 g/mol. The average Bonchev–Trinajstić information content (AvgIpc) is 2.98. The van der Waals surface area contributed by atoms with Crippen LogP contribution in [0.4, 0.5) is 0 Å². The van der Waals surface area contributed by atoms with Crippen LogP contribution in [-0.2, 0) is 0 Å². The molecule has 3 rings (SSSR count). The number of hydrogen-bond acceptors (Lipinski definition) is 3. The molecule has 0 amide bonds. The summed E-state index contributed by atoms with van der Waals surface area (Å²) in [7, 11) is 0. The van der Waals surface area contributed by atoms with Crippen LogP contribution in [0.5, 0.6) is 0 Å². The molecule has 0 aliphatic carbocycles. The summed E-state index contributed by atoms with van der Waals surface area (Å²) >= 11 is 1.92.